The van der Waals surface area contributed by atoms with E-state index in [-0.39, 0.29) is 4.49 Å². The first-order chi connectivity index (χ1) is 14.7. The number of benzene rings is 2. The molecule has 0 fully saturated rings. The number of para-hydroxylation sites is 1. The number of hydrogen-bond donors (Lipinski definition) is 0. The molecule has 162 valence electrons. The first-order valence-electron chi connectivity index (χ1n) is 9.32. The van der Waals surface area contributed by atoms with Crippen LogP contribution in [-0.4, -0.2) is 16.9 Å². The van der Waals surface area contributed by atoms with Gasteiger partial charge in [0.15, 0.2) is 0 Å². The third-order valence-electron chi connectivity index (χ3n) is 4.39. The van der Waals surface area contributed by atoms with Crippen molar-refractivity contribution in [3.05, 3.63) is 80.8 Å². The second-order valence-corrected chi connectivity index (χ2v) is 7.94. The van der Waals surface area contributed by atoms with Crippen molar-refractivity contribution >= 4 is 29.2 Å². The Balaban J connectivity index is 2.25. The van der Waals surface area contributed by atoms with Gasteiger partial charge in [0.1, 0.15) is 28.0 Å². The lowest BCUT2D eigenvalue weighted by Crippen LogP contribution is -2.38. The van der Waals surface area contributed by atoms with E-state index in [1.54, 1.807) is 50.2 Å². The molecule has 0 aromatic heterocycles. The van der Waals surface area contributed by atoms with Gasteiger partial charge in [-0.1, -0.05) is 67.4 Å². The maximum absolute atomic E-state index is 12.8. The third kappa shape index (κ3) is 6.99. The van der Waals surface area contributed by atoms with Crippen LogP contribution in [0.15, 0.2) is 65.2 Å². The van der Waals surface area contributed by atoms with Crippen molar-refractivity contribution < 1.29 is 19.2 Å². The van der Waals surface area contributed by atoms with Crippen molar-refractivity contribution in [1.82, 2.24) is 0 Å². The Kier molecular flexibility index (Phi) is 8.86. The Morgan fingerprint density at radius 2 is 1.77 bits per heavy atom. The van der Waals surface area contributed by atoms with Crippen LogP contribution in [0, 0.1) is 33.3 Å². The molecule has 0 radical (unpaired) electrons. The number of nitrogens with zero attached hydrogens (tertiary/aromatic N) is 2. The van der Waals surface area contributed by atoms with Crippen LogP contribution in [0.3, 0.4) is 0 Å². The lowest BCUT2D eigenvalue weighted by atomic mass is 9.88. The molecule has 0 saturated heterocycles. The van der Waals surface area contributed by atoms with Crippen LogP contribution < -0.4 is 4.74 Å². The number of halogens is 2. The van der Waals surface area contributed by atoms with Gasteiger partial charge in [-0.15, -0.1) is 0 Å². The maximum Gasteiger partial charge on any atom is 0.318 e. The zero-order valence-corrected chi connectivity index (χ0v) is 18.3. The molecule has 7 nitrogen and oxygen atoms in total. The second kappa shape index (κ2) is 11.3. The van der Waals surface area contributed by atoms with Gasteiger partial charge < -0.3 is 9.47 Å². The van der Waals surface area contributed by atoms with E-state index in [9.17, 15) is 20.2 Å². The second-order valence-electron chi connectivity index (χ2n) is 6.94. The molecule has 0 spiro atoms. The highest BCUT2D eigenvalue weighted by molar-refractivity contribution is 6.55. The van der Waals surface area contributed by atoms with E-state index in [1.807, 2.05) is 24.3 Å². The maximum atomic E-state index is 12.8. The summed E-state index contributed by atoms with van der Waals surface area (Å²) in [5, 5.41) is 21.0. The minimum atomic E-state index is -1.50. The van der Waals surface area contributed by atoms with Gasteiger partial charge in [-0.25, -0.2) is 0 Å². The molecule has 2 aromatic carbocycles. The first-order valence-corrected chi connectivity index (χ1v) is 10.1. The quantitative estimate of drug-likeness (QED) is 0.264. The Hall–Kier alpha value is -3.08. The van der Waals surface area contributed by atoms with E-state index in [0.29, 0.717) is 17.1 Å². The van der Waals surface area contributed by atoms with Crippen molar-refractivity contribution in [3.63, 3.8) is 0 Å². The van der Waals surface area contributed by atoms with E-state index in [2.05, 4.69) is 0 Å². The van der Waals surface area contributed by atoms with Crippen molar-refractivity contribution in [1.29, 1.82) is 5.26 Å². The Bertz CT molecular complexity index is 985. The zero-order chi connectivity index (χ0) is 23.0. The van der Waals surface area contributed by atoms with Gasteiger partial charge in [-0.3, -0.25) is 14.9 Å². The van der Waals surface area contributed by atoms with E-state index in [0.717, 1.165) is 6.08 Å². The van der Waals surface area contributed by atoms with Crippen LogP contribution in [0.1, 0.15) is 25.5 Å². The van der Waals surface area contributed by atoms with Crippen LogP contribution in [0.2, 0.25) is 0 Å². The summed E-state index contributed by atoms with van der Waals surface area (Å²) in [6.45, 7) is 3.27. The van der Waals surface area contributed by atoms with E-state index in [1.165, 1.54) is 0 Å². The summed E-state index contributed by atoms with van der Waals surface area (Å²) in [7, 11) is 0. The summed E-state index contributed by atoms with van der Waals surface area (Å²) in [6, 6.07) is 16.0. The van der Waals surface area contributed by atoms with Crippen molar-refractivity contribution in [2.24, 2.45) is 11.8 Å². The smallest absolute Gasteiger partial charge is 0.318 e. The molecular formula is C22H20Cl2N2O5. The summed E-state index contributed by atoms with van der Waals surface area (Å²) in [4.78, 5) is 23.6. The Morgan fingerprint density at radius 3 is 2.32 bits per heavy atom. The molecular weight excluding hydrogens is 443 g/mol. The fourth-order valence-corrected chi connectivity index (χ4v) is 3.22. The van der Waals surface area contributed by atoms with Gasteiger partial charge in [0.2, 0.25) is 12.1 Å². The topological polar surface area (TPSA) is 102 Å². The van der Waals surface area contributed by atoms with Crippen LogP contribution in [-0.2, 0) is 9.53 Å². The number of rotatable bonds is 9. The van der Waals surface area contributed by atoms with Crippen LogP contribution in [0.5, 0.6) is 11.5 Å². The summed E-state index contributed by atoms with van der Waals surface area (Å²) < 4.78 is 10.8. The lowest BCUT2D eigenvalue weighted by molar-refractivity contribution is -0.518. The van der Waals surface area contributed by atoms with Gasteiger partial charge in [0.05, 0.1) is 0 Å². The SMILES string of the molecule is CC(C)C(C(=O)OC(C#N)c1cccc(Oc2ccccc2)c1)C(C=C(Cl)Cl)[N+](=O)[O-]. The van der Waals surface area contributed by atoms with Crippen LogP contribution in [0.4, 0.5) is 0 Å². The fourth-order valence-electron chi connectivity index (χ4n) is 2.96. The molecule has 9 heteroatoms. The van der Waals surface area contributed by atoms with Gasteiger partial charge in [0.25, 0.3) is 0 Å². The summed E-state index contributed by atoms with van der Waals surface area (Å²) in [6.07, 6.45) is -0.305. The molecule has 0 bridgehead atoms. The molecule has 2 aromatic rings. The predicted molar refractivity (Wildman–Crippen MR) is 116 cm³/mol. The first kappa shape index (κ1) is 24.2. The molecule has 0 saturated carbocycles. The average Bonchev–Trinajstić information content (AvgIpc) is 2.71. The molecule has 0 aliphatic carbocycles. The standard InChI is InChI=1S/C22H20Cl2N2O5/c1-14(2)21(18(26(28)29)12-20(23)24)22(27)31-19(13-25)15-7-6-10-17(11-15)30-16-8-4-3-5-9-16/h3-12,14,18-19,21H,1-2H3. The number of nitro groups is 1. The molecule has 3 atom stereocenters. The minimum absolute atomic E-state index is 0.331. The van der Waals surface area contributed by atoms with Crippen LogP contribution >= 0.6 is 23.2 Å². The lowest BCUT2D eigenvalue weighted by Gasteiger charge is -2.22. The van der Waals surface area contributed by atoms with E-state index >= 15 is 0 Å². The summed E-state index contributed by atoms with van der Waals surface area (Å²) >= 11 is 11.2. The highest BCUT2D eigenvalue weighted by atomic mass is 35.5. The number of ether oxygens (including phenoxy) is 2. The minimum Gasteiger partial charge on any atom is -0.457 e. The van der Waals surface area contributed by atoms with Crippen molar-refractivity contribution in [2.75, 3.05) is 0 Å². The Labute approximate surface area is 189 Å². The molecule has 3 unspecified atom stereocenters. The number of esters is 1. The number of carbonyl (C=O) groups is 1. The normalized spacial score (nSPS) is 13.4. The molecule has 0 aliphatic heterocycles. The van der Waals surface area contributed by atoms with Crippen molar-refractivity contribution in [3.8, 4) is 17.6 Å². The average molecular weight is 463 g/mol. The van der Waals surface area contributed by atoms with E-state index < -0.39 is 34.9 Å². The zero-order valence-electron chi connectivity index (χ0n) is 16.8. The van der Waals surface area contributed by atoms with Gasteiger partial charge in [-0.2, -0.15) is 5.26 Å². The van der Waals surface area contributed by atoms with Gasteiger partial charge in [0, 0.05) is 16.6 Å². The van der Waals surface area contributed by atoms with Gasteiger partial charge in [-0.05, 0) is 30.2 Å². The number of nitriles is 1. The highest BCUT2D eigenvalue weighted by Crippen LogP contribution is 2.29. The molecule has 0 amide bonds. The van der Waals surface area contributed by atoms with Crippen LogP contribution in [0.25, 0.3) is 0 Å². The van der Waals surface area contributed by atoms with Crippen molar-refractivity contribution in [2.45, 2.75) is 26.0 Å². The summed E-state index contributed by atoms with van der Waals surface area (Å²) in [5.74, 6) is -1.52. The molecule has 31 heavy (non-hydrogen) atoms. The monoisotopic (exact) mass is 462 g/mol. The molecule has 2 rings (SSSR count). The largest absolute Gasteiger partial charge is 0.457 e. The Morgan fingerprint density at radius 1 is 1.13 bits per heavy atom. The molecule has 0 heterocycles. The molecule has 0 N–H and O–H groups in total. The predicted octanol–water partition coefficient (Wildman–Crippen LogP) is 5.82. The number of carbonyl (C=O) groups excluding carboxylic acids is 1. The summed E-state index contributed by atoms with van der Waals surface area (Å²) in [5.41, 5.74) is 0.371. The molecule has 0 aliphatic rings. The fraction of sp³-hybridized carbons (Fsp3) is 0.273. The number of hydrogen-bond acceptors (Lipinski definition) is 6. The van der Waals surface area contributed by atoms with E-state index in [4.69, 9.17) is 32.7 Å². The third-order valence-corrected chi connectivity index (χ3v) is 4.64. The highest BCUT2D eigenvalue weighted by Gasteiger charge is 2.40. The van der Waals surface area contributed by atoms with Gasteiger partial charge >= 0.3 is 5.97 Å².